The zero-order valence-electron chi connectivity index (χ0n) is 16.9. The third kappa shape index (κ3) is 7.90. The molecular weight excluding hydrogens is 394 g/mol. The number of hydrogen-bond acceptors (Lipinski definition) is 7. The van der Waals surface area contributed by atoms with Crippen molar-refractivity contribution < 1.29 is 23.9 Å². The minimum atomic E-state index is -0.648. The van der Waals surface area contributed by atoms with Crippen LogP contribution in [0.1, 0.15) is 36.8 Å². The Morgan fingerprint density at radius 3 is 2.66 bits per heavy atom. The summed E-state index contributed by atoms with van der Waals surface area (Å²) in [4.78, 5) is 41.6. The number of benzene rings is 1. The number of nitrogens with zero attached hydrogens (tertiary/aromatic N) is 2. The van der Waals surface area contributed by atoms with E-state index in [-0.39, 0.29) is 23.6 Å². The summed E-state index contributed by atoms with van der Waals surface area (Å²) in [5.41, 5.74) is 2.39. The number of carbonyl (C=O) groups excluding carboxylic acids is 3. The van der Waals surface area contributed by atoms with Gasteiger partial charge in [0.15, 0.2) is 6.61 Å². The first-order valence-electron chi connectivity index (χ1n) is 8.96. The number of rotatable bonds is 8. The molecule has 2 rings (SSSR count). The highest BCUT2D eigenvalue weighted by atomic mass is 32.1. The molecule has 1 heterocycles. The van der Waals surface area contributed by atoms with E-state index in [0.29, 0.717) is 12.4 Å². The molecule has 8 nitrogen and oxygen atoms in total. The van der Waals surface area contributed by atoms with Gasteiger partial charge in [-0.3, -0.25) is 9.59 Å². The maximum Gasteiger partial charge on any atom is 0.338 e. The lowest BCUT2D eigenvalue weighted by atomic mass is 10.1. The van der Waals surface area contributed by atoms with Crippen LogP contribution in [0.2, 0.25) is 0 Å². The summed E-state index contributed by atoms with van der Waals surface area (Å²) in [5, 5.41) is 4.64. The van der Waals surface area contributed by atoms with E-state index >= 15 is 0 Å². The lowest BCUT2D eigenvalue weighted by molar-refractivity contribution is -0.137. The maximum atomic E-state index is 12.2. The van der Waals surface area contributed by atoms with Gasteiger partial charge in [0.25, 0.3) is 5.91 Å². The van der Waals surface area contributed by atoms with Crippen molar-refractivity contribution in [2.24, 2.45) is 0 Å². The summed E-state index contributed by atoms with van der Waals surface area (Å²) in [6, 6.07) is 6.50. The summed E-state index contributed by atoms with van der Waals surface area (Å²) in [6.45, 7) is 5.27. The van der Waals surface area contributed by atoms with Crippen LogP contribution in [0.3, 0.4) is 0 Å². The van der Waals surface area contributed by atoms with Crippen molar-refractivity contribution in [1.29, 1.82) is 0 Å². The Morgan fingerprint density at radius 1 is 1.24 bits per heavy atom. The molecule has 0 aliphatic rings. The number of ether oxygens (including phenoxy) is 2. The molecule has 2 amide bonds. The highest BCUT2D eigenvalue weighted by Gasteiger charge is 2.19. The van der Waals surface area contributed by atoms with Crippen LogP contribution in [0.15, 0.2) is 35.2 Å². The van der Waals surface area contributed by atoms with E-state index in [2.05, 4.69) is 10.3 Å². The normalized spacial score (nSPS) is 10.9. The number of thiazole rings is 1. The van der Waals surface area contributed by atoms with Gasteiger partial charge in [-0.15, -0.1) is 11.3 Å². The first kappa shape index (κ1) is 22.4. The Hall–Kier alpha value is -2.94. The number of likely N-dealkylation sites (N-methyl/N-ethyl adjacent to an activating group) is 1. The quantitative estimate of drug-likeness (QED) is 0.659. The number of aromatic nitrogens is 1. The highest BCUT2D eigenvalue weighted by Crippen LogP contribution is 2.16. The lowest BCUT2D eigenvalue weighted by Gasteiger charge is -2.23. The fourth-order valence-corrected chi connectivity index (χ4v) is 2.80. The molecule has 0 unspecified atom stereocenters. The second-order valence-electron chi connectivity index (χ2n) is 7.42. The number of esters is 1. The Kier molecular flexibility index (Phi) is 7.72. The van der Waals surface area contributed by atoms with Crippen LogP contribution >= 0.6 is 11.3 Å². The Bertz CT molecular complexity index is 846. The molecule has 1 aromatic carbocycles. The molecule has 0 bridgehead atoms. The second kappa shape index (κ2) is 10.0. The van der Waals surface area contributed by atoms with Gasteiger partial charge in [0.05, 0.1) is 23.3 Å². The van der Waals surface area contributed by atoms with E-state index < -0.39 is 18.5 Å². The fraction of sp³-hybridized carbons (Fsp3) is 0.400. The van der Waals surface area contributed by atoms with E-state index in [4.69, 9.17) is 9.47 Å². The van der Waals surface area contributed by atoms with Crippen LogP contribution in [0.4, 0.5) is 0 Å². The predicted molar refractivity (Wildman–Crippen MR) is 109 cm³/mol. The Balaban J connectivity index is 1.82. The van der Waals surface area contributed by atoms with Crippen LogP contribution < -0.4 is 10.1 Å². The summed E-state index contributed by atoms with van der Waals surface area (Å²) in [6.07, 6.45) is 0. The minimum absolute atomic E-state index is 0.117. The van der Waals surface area contributed by atoms with Crippen molar-refractivity contribution >= 4 is 29.1 Å². The number of amides is 2. The van der Waals surface area contributed by atoms with Gasteiger partial charge in [0.1, 0.15) is 12.4 Å². The standard InChI is InChI=1S/C20H25N3O5S/c1-20(2,3)22-17(24)9-23(4)18(25)11-28-19(26)14-6-5-7-16(8-14)27-10-15-12-29-13-21-15/h5-8,12-13H,9-11H2,1-4H3,(H,22,24). The van der Waals surface area contributed by atoms with E-state index in [1.807, 2.05) is 26.2 Å². The van der Waals surface area contributed by atoms with Crippen molar-refractivity contribution in [2.75, 3.05) is 20.2 Å². The molecule has 0 aliphatic heterocycles. The van der Waals surface area contributed by atoms with E-state index in [1.54, 1.807) is 29.8 Å². The van der Waals surface area contributed by atoms with Gasteiger partial charge in [-0.2, -0.15) is 0 Å². The monoisotopic (exact) mass is 419 g/mol. The maximum absolute atomic E-state index is 12.2. The molecule has 1 aromatic heterocycles. The van der Waals surface area contributed by atoms with E-state index in [0.717, 1.165) is 5.69 Å². The first-order chi connectivity index (χ1) is 13.6. The summed E-state index contributed by atoms with van der Waals surface area (Å²) < 4.78 is 10.7. The van der Waals surface area contributed by atoms with Crippen LogP contribution in [-0.4, -0.2) is 53.4 Å². The molecule has 0 radical (unpaired) electrons. The summed E-state index contributed by atoms with van der Waals surface area (Å²) in [7, 11) is 1.48. The molecule has 0 spiro atoms. The van der Waals surface area contributed by atoms with Gasteiger partial charge in [-0.25, -0.2) is 9.78 Å². The fourth-order valence-electron chi connectivity index (χ4n) is 2.26. The first-order valence-corrected chi connectivity index (χ1v) is 9.90. The van der Waals surface area contributed by atoms with Gasteiger partial charge < -0.3 is 19.7 Å². The smallest absolute Gasteiger partial charge is 0.338 e. The SMILES string of the molecule is CN(CC(=O)NC(C)(C)C)C(=O)COC(=O)c1cccc(OCc2cscn2)c1. The van der Waals surface area contributed by atoms with E-state index in [9.17, 15) is 14.4 Å². The highest BCUT2D eigenvalue weighted by molar-refractivity contribution is 7.07. The third-order valence-electron chi connectivity index (χ3n) is 3.59. The molecule has 0 aliphatic carbocycles. The average molecular weight is 420 g/mol. The van der Waals surface area contributed by atoms with Crippen molar-refractivity contribution in [3.05, 3.63) is 46.4 Å². The lowest BCUT2D eigenvalue weighted by Crippen LogP contribution is -2.46. The Labute approximate surface area is 173 Å². The van der Waals surface area contributed by atoms with Crippen molar-refractivity contribution in [1.82, 2.24) is 15.2 Å². The summed E-state index contributed by atoms with van der Waals surface area (Å²) in [5.74, 6) is -0.914. The molecule has 1 N–H and O–H groups in total. The molecule has 0 atom stereocenters. The van der Waals surface area contributed by atoms with Crippen LogP contribution in [0.25, 0.3) is 0 Å². The van der Waals surface area contributed by atoms with Gasteiger partial charge in [-0.05, 0) is 39.0 Å². The van der Waals surface area contributed by atoms with Gasteiger partial charge in [0.2, 0.25) is 5.91 Å². The van der Waals surface area contributed by atoms with Gasteiger partial charge in [-0.1, -0.05) is 6.07 Å². The molecular formula is C20H25N3O5S. The molecule has 0 saturated carbocycles. The molecule has 2 aromatic rings. The van der Waals surface area contributed by atoms with Gasteiger partial charge >= 0.3 is 5.97 Å². The van der Waals surface area contributed by atoms with Crippen molar-refractivity contribution in [3.8, 4) is 5.75 Å². The average Bonchev–Trinajstić information content (AvgIpc) is 3.16. The van der Waals surface area contributed by atoms with Crippen molar-refractivity contribution in [3.63, 3.8) is 0 Å². The molecule has 29 heavy (non-hydrogen) atoms. The van der Waals surface area contributed by atoms with Crippen LogP contribution in [-0.2, 0) is 20.9 Å². The summed E-state index contributed by atoms with van der Waals surface area (Å²) >= 11 is 1.47. The van der Waals surface area contributed by atoms with Crippen molar-refractivity contribution in [2.45, 2.75) is 32.9 Å². The van der Waals surface area contributed by atoms with Crippen LogP contribution in [0.5, 0.6) is 5.75 Å². The second-order valence-corrected chi connectivity index (χ2v) is 8.14. The molecule has 0 fully saturated rings. The zero-order valence-corrected chi connectivity index (χ0v) is 17.7. The third-order valence-corrected chi connectivity index (χ3v) is 4.22. The minimum Gasteiger partial charge on any atom is -0.487 e. The van der Waals surface area contributed by atoms with Gasteiger partial charge in [0, 0.05) is 18.0 Å². The Morgan fingerprint density at radius 2 is 2.00 bits per heavy atom. The molecule has 9 heteroatoms. The number of hydrogen-bond donors (Lipinski definition) is 1. The molecule has 156 valence electrons. The predicted octanol–water partition coefficient (Wildman–Crippen LogP) is 2.25. The molecule has 0 saturated heterocycles. The van der Waals surface area contributed by atoms with E-state index in [1.165, 1.54) is 23.3 Å². The zero-order chi connectivity index (χ0) is 21.4. The number of nitrogens with one attached hydrogen (secondary N) is 1. The number of carbonyl (C=O) groups is 3. The van der Waals surface area contributed by atoms with Crippen LogP contribution in [0, 0.1) is 0 Å². The largest absolute Gasteiger partial charge is 0.487 e. The topological polar surface area (TPSA) is 97.8 Å².